The number of imidazole rings is 1. The fourth-order valence-electron chi connectivity index (χ4n) is 3.77. The Bertz CT molecular complexity index is 1150. The van der Waals surface area contributed by atoms with Gasteiger partial charge in [-0.3, -0.25) is 14.2 Å². The lowest BCUT2D eigenvalue weighted by molar-refractivity contribution is -0.121. The average Bonchev–Trinajstić information content (AvgIpc) is 3.13. The number of carbonyl (C=O) groups is 2. The van der Waals surface area contributed by atoms with Crippen molar-refractivity contribution in [2.45, 2.75) is 19.8 Å². The number of nitrogens with one attached hydrogen (secondary N) is 2. The van der Waals surface area contributed by atoms with Gasteiger partial charge in [0.25, 0.3) is 5.91 Å². The number of aromatic amines is 1. The molecule has 0 aliphatic carbocycles. The molecule has 0 saturated carbocycles. The van der Waals surface area contributed by atoms with Crippen molar-refractivity contribution >= 4 is 33.6 Å². The summed E-state index contributed by atoms with van der Waals surface area (Å²) < 4.78 is 2.38. The van der Waals surface area contributed by atoms with Crippen molar-refractivity contribution in [3.05, 3.63) is 75.0 Å². The molecular weight excluding hydrogens is 462 g/mol. The molecule has 1 saturated heterocycles. The Balaban J connectivity index is 1.43. The van der Waals surface area contributed by atoms with Gasteiger partial charge < -0.3 is 15.2 Å². The number of piperidine rings is 1. The number of benzene rings is 1. The standard InChI is InChI=1S/C22H22BrN5O3/c1-14-11-25-22(31)28(14)18-7-4-15(5-8-18)21(30)27-10-2-3-16(13-27)20(29)26-19-9-6-17(23)12-24-19/h4-9,11-12,16H,2-3,10,13H2,1H3,(H,25,31)(H,24,26,29). The predicted molar refractivity (Wildman–Crippen MR) is 120 cm³/mol. The maximum absolute atomic E-state index is 13.0. The number of anilines is 1. The third-order valence-electron chi connectivity index (χ3n) is 5.39. The summed E-state index contributed by atoms with van der Waals surface area (Å²) >= 11 is 3.32. The number of likely N-dealkylation sites (tertiary alicyclic amines) is 1. The number of pyridine rings is 1. The molecule has 2 N–H and O–H groups in total. The minimum atomic E-state index is -0.288. The zero-order chi connectivity index (χ0) is 22.0. The molecule has 9 heteroatoms. The fraction of sp³-hybridized carbons (Fsp3) is 0.273. The van der Waals surface area contributed by atoms with Crippen molar-refractivity contribution in [2.75, 3.05) is 18.4 Å². The first-order chi connectivity index (χ1) is 14.9. The van der Waals surface area contributed by atoms with E-state index in [-0.39, 0.29) is 23.4 Å². The van der Waals surface area contributed by atoms with E-state index in [1.165, 1.54) is 0 Å². The molecule has 1 aliphatic heterocycles. The molecule has 0 radical (unpaired) electrons. The molecule has 3 heterocycles. The second kappa shape index (κ2) is 8.89. The van der Waals surface area contributed by atoms with E-state index in [0.29, 0.717) is 30.2 Å². The zero-order valence-corrected chi connectivity index (χ0v) is 18.6. The molecule has 4 rings (SSSR count). The van der Waals surface area contributed by atoms with E-state index in [1.54, 1.807) is 52.2 Å². The minimum Gasteiger partial charge on any atom is -0.338 e. The van der Waals surface area contributed by atoms with Crippen LogP contribution in [0.3, 0.4) is 0 Å². The van der Waals surface area contributed by atoms with Gasteiger partial charge in [0, 0.05) is 41.2 Å². The Hall–Kier alpha value is -3.20. The Morgan fingerprint density at radius 1 is 1.19 bits per heavy atom. The van der Waals surface area contributed by atoms with E-state index >= 15 is 0 Å². The number of H-pyrrole nitrogens is 1. The summed E-state index contributed by atoms with van der Waals surface area (Å²) in [4.78, 5) is 46.1. The molecule has 0 spiro atoms. The Morgan fingerprint density at radius 3 is 2.61 bits per heavy atom. The maximum Gasteiger partial charge on any atom is 0.330 e. The van der Waals surface area contributed by atoms with Crippen molar-refractivity contribution in [3.63, 3.8) is 0 Å². The van der Waals surface area contributed by atoms with Crippen LogP contribution < -0.4 is 11.0 Å². The lowest BCUT2D eigenvalue weighted by Gasteiger charge is -2.32. The molecule has 1 aliphatic rings. The molecule has 8 nitrogen and oxygen atoms in total. The van der Waals surface area contributed by atoms with Crippen molar-refractivity contribution in [2.24, 2.45) is 5.92 Å². The molecule has 1 atom stereocenters. The smallest absolute Gasteiger partial charge is 0.330 e. The summed E-state index contributed by atoms with van der Waals surface area (Å²) in [6.45, 7) is 2.80. The summed E-state index contributed by atoms with van der Waals surface area (Å²) in [6.07, 6.45) is 4.75. The predicted octanol–water partition coefficient (Wildman–Crippen LogP) is 3.12. The first-order valence-corrected chi connectivity index (χ1v) is 10.8. The number of amides is 2. The van der Waals surface area contributed by atoms with Crippen LogP contribution in [0.1, 0.15) is 28.9 Å². The van der Waals surface area contributed by atoms with Crippen molar-refractivity contribution < 1.29 is 9.59 Å². The van der Waals surface area contributed by atoms with Gasteiger partial charge in [-0.05, 0) is 72.1 Å². The molecule has 2 aromatic heterocycles. The highest BCUT2D eigenvalue weighted by Crippen LogP contribution is 2.21. The lowest BCUT2D eigenvalue weighted by atomic mass is 9.96. The highest BCUT2D eigenvalue weighted by atomic mass is 79.9. The van der Waals surface area contributed by atoms with Crippen LogP contribution in [0.5, 0.6) is 0 Å². The quantitative estimate of drug-likeness (QED) is 0.595. The van der Waals surface area contributed by atoms with E-state index < -0.39 is 0 Å². The van der Waals surface area contributed by atoms with E-state index in [9.17, 15) is 14.4 Å². The first kappa shape index (κ1) is 21.0. The van der Waals surface area contributed by atoms with Crippen LogP contribution in [0.15, 0.2) is 58.1 Å². The zero-order valence-electron chi connectivity index (χ0n) is 17.0. The van der Waals surface area contributed by atoms with Crippen molar-refractivity contribution in [1.29, 1.82) is 0 Å². The summed E-state index contributed by atoms with van der Waals surface area (Å²) in [6, 6.07) is 10.5. The summed E-state index contributed by atoms with van der Waals surface area (Å²) in [5.74, 6) is -0.0556. The second-order valence-electron chi connectivity index (χ2n) is 7.56. The highest BCUT2D eigenvalue weighted by Gasteiger charge is 2.29. The number of hydrogen-bond donors (Lipinski definition) is 2. The summed E-state index contributed by atoms with van der Waals surface area (Å²) in [5.41, 5.74) is 1.79. The Morgan fingerprint density at radius 2 is 1.97 bits per heavy atom. The fourth-order valence-corrected chi connectivity index (χ4v) is 4.00. The van der Waals surface area contributed by atoms with Crippen LogP contribution in [0.4, 0.5) is 5.82 Å². The number of aromatic nitrogens is 3. The number of aryl methyl sites for hydroxylation is 1. The highest BCUT2D eigenvalue weighted by molar-refractivity contribution is 9.10. The molecule has 2 amide bonds. The van der Waals surface area contributed by atoms with Gasteiger partial charge in [-0.15, -0.1) is 0 Å². The van der Waals surface area contributed by atoms with Crippen LogP contribution in [0.2, 0.25) is 0 Å². The normalized spacial score (nSPS) is 16.2. The molecule has 31 heavy (non-hydrogen) atoms. The van der Waals surface area contributed by atoms with Crippen LogP contribution in [0, 0.1) is 12.8 Å². The Labute approximate surface area is 187 Å². The van der Waals surface area contributed by atoms with E-state index in [0.717, 1.165) is 23.0 Å². The van der Waals surface area contributed by atoms with Gasteiger partial charge >= 0.3 is 5.69 Å². The van der Waals surface area contributed by atoms with Crippen LogP contribution in [-0.2, 0) is 4.79 Å². The topological polar surface area (TPSA) is 100 Å². The van der Waals surface area contributed by atoms with E-state index in [2.05, 4.69) is 31.2 Å². The van der Waals surface area contributed by atoms with Crippen molar-refractivity contribution in [3.8, 4) is 5.69 Å². The van der Waals surface area contributed by atoms with E-state index in [1.807, 2.05) is 13.0 Å². The SMILES string of the molecule is Cc1c[nH]c(=O)n1-c1ccc(C(=O)N2CCCC(C(=O)Nc3ccc(Br)cn3)C2)cc1. The van der Waals surface area contributed by atoms with Crippen LogP contribution in [-0.4, -0.2) is 44.3 Å². The van der Waals surface area contributed by atoms with Gasteiger partial charge in [0.1, 0.15) is 5.82 Å². The molecule has 1 unspecified atom stereocenters. The van der Waals surface area contributed by atoms with Crippen molar-refractivity contribution in [1.82, 2.24) is 19.4 Å². The first-order valence-electron chi connectivity index (χ1n) is 10.0. The number of hydrogen-bond acceptors (Lipinski definition) is 4. The van der Waals surface area contributed by atoms with Gasteiger partial charge in [-0.25, -0.2) is 9.78 Å². The minimum absolute atomic E-state index is 0.121. The largest absolute Gasteiger partial charge is 0.338 e. The second-order valence-corrected chi connectivity index (χ2v) is 8.47. The van der Waals surface area contributed by atoms with Gasteiger partial charge in [0.05, 0.1) is 11.6 Å². The van der Waals surface area contributed by atoms with Gasteiger partial charge in [-0.2, -0.15) is 0 Å². The summed E-state index contributed by atoms with van der Waals surface area (Å²) in [5, 5.41) is 2.83. The molecular formula is C22H22BrN5O3. The molecule has 0 bridgehead atoms. The molecule has 3 aromatic rings. The monoisotopic (exact) mass is 483 g/mol. The maximum atomic E-state index is 13.0. The number of nitrogens with zero attached hydrogens (tertiary/aromatic N) is 3. The number of carbonyl (C=O) groups excluding carboxylic acids is 2. The third-order valence-corrected chi connectivity index (χ3v) is 5.86. The molecule has 160 valence electrons. The van der Waals surface area contributed by atoms with E-state index in [4.69, 9.17) is 0 Å². The molecule has 1 aromatic carbocycles. The van der Waals surface area contributed by atoms with Crippen LogP contribution >= 0.6 is 15.9 Å². The number of halogens is 1. The summed E-state index contributed by atoms with van der Waals surface area (Å²) in [7, 11) is 0. The van der Waals surface area contributed by atoms with Crippen LogP contribution in [0.25, 0.3) is 5.69 Å². The van der Waals surface area contributed by atoms with Gasteiger partial charge in [0.15, 0.2) is 0 Å². The average molecular weight is 484 g/mol. The van der Waals surface area contributed by atoms with Gasteiger partial charge in [-0.1, -0.05) is 0 Å². The number of rotatable bonds is 4. The Kier molecular flexibility index (Phi) is 6.03. The lowest BCUT2D eigenvalue weighted by Crippen LogP contribution is -2.43. The third kappa shape index (κ3) is 4.61. The van der Waals surface area contributed by atoms with Gasteiger partial charge in [0.2, 0.25) is 5.91 Å². The molecule has 1 fully saturated rings.